The molecule has 2 aliphatic rings. The van der Waals surface area contributed by atoms with E-state index in [4.69, 9.17) is 14.2 Å². The number of rotatable bonds is 9. The topological polar surface area (TPSA) is 102 Å². The van der Waals surface area contributed by atoms with Crippen LogP contribution in [0.25, 0.3) is 0 Å². The summed E-state index contributed by atoms with van der Waals surface area (Å²) in [4.78, 5) is 13.9. The average molecular weight is 463 g/mol. The Hall–Kier alpha value is -3.75. The van der Waals surface area contributed by atoms with Crippen LogP contribution in [-0.4, -0.2) is 34.9 Å². The molecule has 0 spiro atoms. The maximum Gasteiger partial charge on any atom is 0.231 e. The molecule has 3 aromatic rings. The van der Waals surface area contributed by atoms with Crippen LogP contribution >= 0.6 is 0 Å². The molecule has 2 heterocycles. The molecule has 3 N–H and O–H groups in total. The fourth-order valence-corrected chi connectivity index (χ4v) is 4.18. The zero-order valence-electron chi connectivity index (χ0n) is 19.3. The normalized spacial score (nSPS) is 15.1. The van der Waals surface area contributed by atoms with Gasteiger partial charge in [-0.05, 0) is 48.2 Å². The van der Waals surface area contributed by atoms with E-state index in [-0.39, 0.29) is 6.79 Å². The van der Waals surface area contributed by atoms with Crippen molar-refractivity contribution in [3.8, 4) is 17.2 Å². The zero-order valence-corrected chi connectivity index (χ0v) is 19.3. The van der Waals surface area contributed by atoms with Gasteiger partial charge in [0.1, 0.15) is 5.75 Å². The molecule has 178 valence electrons. The molecule has 1 aliphatic carbocycles. The van der Waals surface area contributed by atoms with Gasteiger partial charge in [-0.2, -0.15) is 15.0 Å². The van der Waals surface area contributed by atoms with Crippen LogP contribution in [-0.2, 0) is 13.1 Å². The minimum Gasteiger partial charge on any atom is -0.497 e. The molecule has 2 aromatic carbocycles. The Balaban J connectivity index is 1.29. The molecule has 9 heteroatoms. The van der Waals surface area contributed by atoms with E-state index in [1.165, 1.54) is 19.3 Å². The number of hydrogen-bond donors (Lipinski definition) is 3. The number of hydrogen-bond acceptors (Lipinski definition) is 9. The van der Waals surface area contributed by atoms with Gasteiger partial charge >= 0.3 is 0 Å². The predicted molar refractivity (Wildman–Crippen MR) is 131 cm³/mol. The number of fused-ring (bicyclic) bond motifs is 1. The standard InChI is InChI=1S/C25H30N6O3/c1-32-20-10-7-17(8-11-20)14-26-23-29-24(31-25(30-23)28-19-5-3-2-4-6-19)27-15-18-9-12-21-22(13-18)34-16-33-21/h7-13,19H,2-6,14-16H2,1H3,(H3,26,27,28,29,30,31). The van der Waals surface area contributed by atoms with Crippen molar-refractivity contribution >= 4 is 17.8 Å². The van der Waals surface area contributed by atoms with E-state index in [0.29, 0.717) is 37.0 Å². The quantitative estimate of drug-likeness (QED) is 0.422. The molecule has 1 fully saturated rings. The van der Waals surface area contributed by atoms with Gasteiger partial charge in [-0.25, -0.2) is 0 Å². The Morgan fingerprint density at radius 3 is 2.18 bits per heavy atom. The third-order valence-electron chi connectivity index (χ3n) is 6.07. The fraction of sp³-hybridized carbons (Fsp3) is 0.400. The van der Waals surface area contributed by atoms with E-state index in [0.717, 1.165) is 41.2 Å². The number of ether oxygens (including phenoxy) is 3. The maximum absolute atomic E-state index is 5.48. The lowest BCUT2D eigenvalue weighted by Crippen LogP contribution is -2.24. The summed E-state index contributed by atoms with van der Waals surface area (Å²) in [5, 5.41) is 10.2. The first-order chi connectivity index (χ1) is 16.7. The van der Waals surface area contributed by atoms with Gasteiger partial charge in [-0.3, -0.25) is 0 Å². The Labute approximate surface area is 199 Å². The highest BCUT2D eigenvalue weighted by molar-refractivity contribution is 5.47. The van der Waals surface area contributed by atoms with E-state index < -0.39 is 0 Å². The first-order valence-electron chi connectivity index (χ1n) is 11.8. The lowest BCUT2D eigenvalue weighted by atomic mass is 9.96. The van der Waals surface area contributed by atoms with Gasteiger partial charge in [-0.1, -0.05) is 37.5 Å². The summed E-state index contributed by atoms with van der Waals surface area (Å²) in [5.41, 5.74) is 2.16. The SMILES string of the molecule is COc1ccc(CNc2nc(NCc3ccc4c(c3)OCO4)nc(NC3CCCCC3)n2)cc1. The molecule has 1 aliphatic heterocycles. The highest BCUT2D eigenvalue weighted by atomic mass is 16.7. The smallest absolute Gasteiger partial charge is 0.231 e. The van der Waals surface area contributed by atoms with Gasteiger partial charge < -0.3 is 30.2 Å². The summed E-state index contributed by atoms with van der Waals surface area (Å²) in [6, 6.07) is 14.2. The van der Waals surface area contributed by atoms with E-state index in [1.54, 1.807) is 7.11 Å². The van der Waals surface area contributed by atoms with E-state index in [9.17, 15) is 0 Å². The molecule has 0 unspecified atom stereocenters. The van der Waals surface area contributed by atoms with Crippen LogP contribution in [0.5, 0.6) is 17.2 Å². The summed E-state index contributed by atoms with van der Waals surface area (Å²) in [6.07, 6.45) is 6.05. The zero-order chi connectivity index (χ0) is 23.2. The van der Waals surface area contributed by atoms with E-state index in [1.807, 2.05) is 42.5 Å². The van der Waals surface area contributed by atoms with E-state index in [2.05, 4.69) is 30.9 Å². The number of aromatic nitrogens is 3. The number of anilines is 3. The highest BCUT2D eigenvalue weighted by Crippen LogP contribution is 2.32. The first-order valence-corrected chi connectivity index (χ1v) is 11.8. The minimum absolute atomic E-state index is 0.263. The molecule has 0 radical (unpaired) electrons. The first kappa shape index (κ1) is 22.1. The monoisotopic (exact) mass is 462 g/mol. The third-order valence-corrected chi connectivity index (χ3v) is 6.07. The lowest BCUT2D eigenvalue weighted by molar-refractivity contribution is 0.174. The van der Waals surface area contributed by atoms with Gasteiger partial charge in [0.2, 0.25) is 24.6 Å². The molecule has 0 saturated heterocycles. The maximum atomic E-state index is 5.48. The second-order valence-corrected chi connectivity index (χ2v) is 8.53. The van der Waals surface area contributed by atoms with E-state index >= 15 is 0 Å². The number of benzene rings is 2. The molecule has 0 amide bonds. The van der Waals surface area contributed by atoms with Crippen LogP contribution in [0.1, 0.15) is 43.2 Å². The Bertz CT molecular complexity index is 1100. The minimum atomic E-state index is 0.263. The van der Waals surface area contributed by atoms with Crippen LogP contribution in [0.4, 0.5) is 17.8 Å². The molecular formula is C25H30N6O3. The molecule has 34 heavy (non-hydrogen) atoms. The van der Waals surface area contributed by atoms with Crippen molar-refractivity contribution < 1.29 is 14.2 Å². The fourth-order valence-electron chi connectivity index (χ4n) is 4.18. The lowest BCUT2D eigenvalue weighted by Gasteiger charge is -2.23. The molecule has 1 aromatic heterocycles. The van der Waals surface area contributed by atoms with Crippen LogP contribution in [0.3, 0.4) is 0 Å². The molecule has 1 saturated carbocycles. The Morgan fingerprint density at radius 2 is 1.44 bits per heavy atom. The third kappa shape index (κ3) is 5.59. The number of nitrogens with one attached hydrogen (secondary N) is 3. The summed E-state index contributed by atoms with van der Waals surface area (Å²) in [7, 11) is 1.66. The average Bonchev–Trinajstić information content (AvgIpc) is 3.35. The predicted octanol–water partition coefficient (Wildman–Crippen LogP) is 4.58. The van der Waals surface area contributed by atoms with Gasteiger partial charge in [0.25, 0.3) is 0 Å². The van der Waals surface area contributed by atoms with Gasteiger partial charge in [0.15, 0.2) is 11.5 Å². The summed E-state index contributed by atoms with van der Waals surface area (Å²) in [6.45, 7) is 1.42. The summed E-state index contributed by atoms with van der Waals surface area (Å²) in [5.74, 6) is 4.00. The van der Waals surface area contributed by atoms with Crippen molar-refractivity contribution in [2.75, 3.05) is 29.9 Å². The van der Waals surface area contributed by atoms with Crippen LogP contribution < -0.4 is 30.2 Å². The largest absolute Gasteiger partial charge is 0.497 e. The van der Waals surface area contributed by atoms with Crippen molar-refractivity contribution in [3.05, 3.63) is 53.6 Å². The number of methoxy groups -OCH3 is 1. The molecule has 9 nitrogen and oxygen atoms in total. The summed E-state index contributed by atoms with van der Waals surface area (Å²) >= 11 is 0. The van der Waals surface area contributed by atoms with Crippen molar-refractivity contribution in [3.63, 3.8) is 0 Å². The molecule has 0 bridgehead atoms. The Morgan fingerprint density at radius 1 is 0.794 bits per heavy atom. The van der Waals surface area contributed by atoms with Crippen molar-refractivity contribution in [2.45, 2.75) is 51.2 Å². The van der Waals surface area contributed by atoms with Gasteiger partial charge in [-0.15, -0.1) is 0 Å². The molecule has 5 rings (SSSR count). The number of nitrogens with zero attached hydrogens (tertiary/aromatic N) is 3. The van der Waals surface area contributed by atoms with Crippen molar-refractivity contribution in [2.24, 2.45) is 0 Å². The summed E-state index contributed by atoms with van der Waals surface area (Å²) < 4.78 is 16.1. The molecular weight excluding hydrogens is 432 g/mol. The molecule has 0 atom stereocenters. The second-order valence-electron chi connectivity index (χ2n) is 8.53. The van der Waals surface area contributed by atoms with Crippen molar-refractivity contribution in [1.29, 1.82) is 0 Å². The second kappa shape index (κ2) is 10.5. The van der Waals surface area contributed by atoms with Crippen LogP contribution in [0, 0.1) is 0 Å². The van der Waals surface area contributed by atoms with Gasteiger partial charge in [0, 0.05) is 19.1 Å². The highest BCUT2D eigenvalue weighted by Gasteiger charge is 2.16. The van der Waals surface area contributed by atoms with Crippen molar-refractivity contribution in [1.82, 2.24) is 15.0 Å². The van der Waals surface area contributed by atoms with Gasteiger partial charge in [0.05, 0.1) is 7.11 Å². The van der Waals surface area contributed by atoms with Crippen LogP contribution in [0.15, 0.2) is 42.5 Å². The Kier molecular flexibility index (Phi) is 6.78. The van der Waals surface area contributed by atoms with Crippen LogP contribution in [0.2, 0.25) is 0 Å².